The molecule has 0 aromatic heterocycles. The van der Waals surface area contributed by atoms with Crippen LogP contribution in [0.2, 0.25) is 0 Å². The van der Waals surface area contributed by atoms with Gasteiger partial charge in [-0.05, 0) is 24.5 Å². The molecule has 0 unspecified atom stereocenters. The molecule has 0 aliphatic heterocycles. The lowest BCUT2D eigenvalue weighted by Gasteiger charge is -2.27. The molecule has 0 radical (unpaired) electrons. The Morgan fingerprint density at radius 1 is 1.32 bits per heavy atom. The Morgan fingerprint density at radius 2 is 2.04 bits per heavy atom. The SMILES string of the molecule is CCCC[C@@H](CN(O)C=O)C(=O)[C@@H](NC(=O)Nc1cccc(OC)c1)C(C)C. The Morgan fingerprint density at radius 3 is 2.61 bits per heavy atom. The molecular formula is C20H31N3O5. The van der Waals surface area contributed by atoms with E-state index in [-0.39, 0.29) is 24.7 Å². The molecular weight excluding hydrogens is 362 g/mol. The number of hydrogen-bond acceptors (Lipinski definition) is 5. The first-order valence-corrected chi connectivity index (χ1v) is 9.48. The van der Waals surface area contributed by atoms with Gasteiger partial charge in [0.05, 0.1) is 19.7 Å². The van der Waals surface area contributed by atoms with Crippen LogP contribution in [0.1, 0.15) is 40.0 Å². The van der Waals surface area contributed by atoms with Crippen LogP contribution in [-0.4, -0.2) is 48.2 Å². The largest absolute Gasteiger partial charge is 0.497 e. The van der Waals surface area contributed by atoms with Crippen LogP contribution in [0.3, 0.4) is 0 Å². The Bertz CT molecular complexity index is 650. The van der Waals surface area contributed by atoms with E-state index in [1.54, 1.807) is 24.3 Å². The van der Waals surface area contributed by atoms with Gasteiger partial charge in [-0.1, -0.05) is 39.7 Å². The molecule has 0 saturated carbocycles. The number of carbonyl (C=O) groups excluding carboxylic acids is 3. The lowest BCUT2D eigenvalue weighted by Crippen LogP contribution is -2.49. The minimum absolute atomic E-state index is 0.0925. The number of carbonyl (C=O) groups is 3. The van der Waals surface area contributed by atoms with Crippen molar-refractivity contribution in [1.29, 1.82) is 0 Å². The molecule has 0 spiro atoms. The van der Waals surface area contributed by atoms with Crippen molar-refractivity contribution in [3.63, 3.8) is 0 Å². The third kappa shape index (κ3) is 7.56. The van der Waals surface area contributed by atoms with Crippen LogP contribution >= 0.6 is 0 Å². The summed E-state index contributed by atoms with van der Waals surface area (Å²) in [6.07, 6.45) is 2.47. The molecule has 0 fully saturated rings. The molecule has 156 valence electrons. The number of urea groups is 1. The second kappa shape index (κ2) is 12.0. The number of Topliss-reactive ketones (excluding diaryl/α,β-unsaturated/α-hetero) is 1. The number of anilines is 1. The maximum atomic E-state index is 13.0. The number of rotatable bonds is 12. The molecule has 28 heavy (non-hydrogen) atoms. The fourth-order valence-electron chi connectivity index (χ4n) is 2.87. The molecule has 0 aliphatic carbocycles. The number of methoxy groups -OCH3 is 1. The predicted octanol–water partition coefficient (Wildman–Crippen LogP) is 3.06. The summed E-state index contributed by atoms with van der Waals surface area (Å²) in [6.45, 7) is 5.58. The highest BCUT2D eigenvalue weighted by Gasteiger charge is 2.31. The number of unbranched alkanes of at least 4 members (excludes halogenated alkanes) is 1. The Labute approximate surface area is 166 Å². The van der Waals surface area contributed by atoms with E-state index in [0.717, 1.165) is 12.8 Å². The highest BCUT2D eigenvalue weighted by Crippen LogP contribution is 2.19. The molecule has 1 aromatic rings. The van der Waals surface area contributed by atoms with Crippen LogP contribution in [0.25, 0.3) is 0 Å². The first-order chi connectivity index (χ1) is 13.3. The van der Waals surface area contributed by atoms with Crippen molar-refractivity contribution in [1.82, 2.24) is 10.4 Å². The summed E-state index contributed by atoms with van der Waals surface area (Å²) in [5, 5.41) is 15.4. The summed E-state index contributed by atoms with van der Waals surface area (Å²) in [5.41, 5.74) is 0.539. The zero-order valence-electron chi connectivity index (χ0n) is 17.0. The van der Waals surface area contributed by atoms with Crippen molar-refractivity contribution >= 4 is 23.9 Å². The smallest absolute Gasteiger partial charge is 0.319 e. The zero-order valence-corrected chi connectivity index (χ0v) is 17.0. The number of hydroxylamine groups is 2. The second-order valence-corrected chi connectivity index (χ2v) is 7.02. The number of nitrogens with zero attached hydrogens (tertiary/aromatic N) is 1. The Kier molecular flexibility index (Phi) is 10.0. The van der Waals surface area contributed by atoms with E-state index in [0.29, 0.717) is 22.9 Å². The normalized spacial score (nSPS) is 12.8. The lowest BCUT2D eigenvalue weighted by atomic mass is 9.87. The van der Waals surface area contributed by atoms with Crippen LogP contribution in [-0.2, 0) is 9.59 Å². The number of benzene rings is 1. The van der Waals surface area contributed by atoms with E-state index >= 15 is 0 Å². The zero-order chi connectivity index (χ0) is 21.1. The summed E-state index contributed by atoms with van der Waals surface area (Å²) in [5.74, 6) is -0.313. The average Bonchev–Trinajstić information content (AvgIpc) is 2.68. The Hall–Kier alpha value is -2.61. The van der Waals surface area contributed by atoms with Gasteiger partial charge in [0, 0.05) is 17.7 Å². The van der Waals surface area contributed by atoms with Crippen LogP contribution in [0.4, 0.5) is 10.5 Å². The monoisotopic (exact) mass is 393 g/mol. The molecule has 0 heterocycles. The molecule has 1 rings (SSSR count). The fraction of sp³-hybridized carbons (Fsp3) is 0.550. The standard InChI is InChI=1S/C20H31N3O5/c1-5-6-8-15(12-23(27)13-24)19(25)18(14(2)3)22-20(26)21-16-9-7-10-17(11-16)28-4/h7,9-11,13-15,18,27H,5-6,8,12H2,1-4H3,(H2,21,22,26)/t15-,18-/m0/s1. The summed E-state index contributed by atoms with van der Waals surface area (Å²) in [6, 6.07) is 5.64. The Balaban J connectivity index is 2.86. The van der Waals surface area contributed by atoms with E-state index in [2.05, 4.69) is 10.6 Å². The quantitative estimate of drug-likeness (QED) is 0.287. The molecule has 0 aliphatic rings. The van der Waals surface area contributed by atoms with Crippen LogP contribution in [0.5, 0.6) is 5.75 Å². The summed E-state index contributed by atoms with van der Waals surface area (Å²) in [4.78, 5) is 36.2. The van der Waals surface area contributed by atoms with Crippen molar-refractivity contribution in [3.8, 4) is 5.75 Å². The van der Waals surface area contributed by atoms with E-state index in [1.165, 1.54) is 7.11 Å². The molecule has 1 aromatic carbocycles. The number of hydrogen-bond donors (Lipinski definition) is 3. The lowest BCUT2D eigenvalue weighted by molar-refractivity contribution is -0.154. The van der Waals surface area contributed by atoms with Gasteiger partial charge < -0.3 is 15.4 Å². The van der Waals surface area contributed by atoms with Gasteiger partial charge in [-0.15, -0.1) is 0 Å². The molecule has 8 nitrogen and oxygen atoms in total. The molecule has 0 saturated heterocycles. The van der Waals surface area contributed by atoms with Gasteiger partial charge >= 0.3 is 6.03 Å². The summed E-state index contributed by atoms with van der Waals surface area (Å²) >= 11 is 0. The van der Waals surface area contributed by atoms with Crippen LogP contribution < -0.4 is 15.4 Å². The van der Waals surface area contributed by atoms with Gasteiger partial charge in [0.2, 0.25) is 6.41 Å². The second-order valence-electron chi connectivity index (χ2n) is 7.02. The minimum Gasteiger partial charge on any atom is -0.497 e. The highest BCUT2D eigenvalue weighted by atomic mass is 16.5. The molecule has 2 atom stereocenters. The summed E-state index contributed by atoms with van der Waals surface area (Å²) < 4.78 is 5.13. The van der Waals surface area contributed by atoms with Gasteiger partial charge in [0.15, 0.2) is 5.78 Å². The first-order valence-electron chi connectivity index (χ1n) is 9.48. The molecule has 0 bridgehead atoms. The van der Waals surface area contributed by atoms with E-state index in [4.69, 9.17) is 4.74 Å². The van der Waals surface area contributed by atoms with Crippen molar-refractivity contribution in [2.45, 2.75) is 46.1 Å². The van der Waals surface area contributed by atoms with Gasteiger partial charge in [-0.25, -0.2) is 9.86 Å². The maximum Gasteiger partial charge on any atom is 0.319 e. The fourth-order valence-corrected chi connectivity index (χ4v) is 2.87. The van der Waals surface area contributed by atoms with Crippen molar-refractivity contribution in [2.75, 3.05) is 19.0 Å². The van der Waals surface area contributed by atoms with E-state index < -0.39 is 18.0 Å². The molecule has 3 N–H and O–H groups in total. The third-order valence-corrected chi connectivity index (χ3v) is 4.43. The average molecular weight is 393 g/mol. The maximum absolute atomic E-state index is 13.0. The van der Waals surface area contributed by atoms with Crippen molar-refractivity contribution in [2.24, 2.45) is 11.8 Å². The van der Waals surface area contributed by atoms with Gasteiger partial charge in [-0.3, -0.25) is 14.8 Å². The summed E-state index contributed by atoms with van der Waals surface area (Å²) in [7, 11) is 1.53. The minimum atomic E-state index is -0.743. The van der Waals surface area contributed by atoms with Crippen LogP contribution in [0.15, 0.2) is 24.3 Å². The van der Waals surface area contributed by atoms with E-state index in [9.17, 15) is 19.6 Å². The van der Waals surface area contributed by atoms with Gasteiger partial charge in [0.25, 0.3) is 0 Å². The topological polar surface area (TPSA) is 108 Å². The van der Waals surface area contributed by atoms with Gasteiger partial charge in [-0.2, -0.15) is 0 Å². The first kappa shape index (κ1) is 23.4. The number of amides is 3. The molecule has 3 amide bonds. The number of ether oxygens (including phenoxy) is 1. The predicted molar refractivity (Wildman–Crippen MR) is 106 cm³/mol. The third-order valence-electron chi connectivity index (χ3n) is 4.43. The van der Waals surface area contributed by atoms with Crippen molar-refractivity contribution in [3.05, 3.63) is 24.3 Å². The van der Waals surface area contributed by atoms with Crippen LogP contribution in [0, 0.1) is 11.8 Å². The van der Waals surface area contributed by atoms with Gasteiger partial charge in [0.1, 0.15) is 5.75 Å². The van der Waals surface area contributed by atoms with Crippen molar-refractivity contribution < 1.29 is 24.3 Å². The molecule has 8 heteroatoms. The number of ketones is 1. The highest BCUT2D eigenvalue weighted by molar-refractivity contribution is 5.95. The van der Waals surface area contributed by atoms with E-state index in [1.807, 2.05) is 20.8 Å². The number of nitrogens with one attached hydrogen (secondary N) is 2.